The molecule has 15 heavy (non-hydrogen) atoms. The normalized spacial score (nSPS) is 39.3. The van der Waals surface area contributed by atoms with Crippen molar-refractivity contribution < 1.29 is 0 Å². The van der Waals surface area contributed by atoms with Crippen molar-refractivity contribution >= 4 is 0 Å². The van der Waals surface area contributed by atoms with E-state index in [1.54, 1.807) is 0 Å². The van der Waals surface area contributed by atoms with E-state index >= 15 is 0 Å². The predicted molar refractivity (Wildman–Crippen MR) is 61.5 cm³/mol. The summed E-state index contributed by atoms with van der Waals surface area (Å²) in [5, 5.41) is 0. The van der Waals surface area contributed by atoms with Gasteiger partial charge in [0.25, 0.3) is 0 Å². The van der Waals surface area contributed by atoms with Crippen molar-refractivity contribution in [3.63, 3.8) is 0 Å². The maximum atomic E-state index is 6.62. The number of benzene rings is 1. The van der Waals surface area contributed by atoms with Crippen molar-refractivity contribution in [3.8, 4) is 0 Å². The number of nitrogens with two attached hydrogens (primary N) is 1. The second kappa shape index (κ2) is 3.32. The molecule has 3 aliphatic heterocycles. The zero-order chi connectivity index (χ0) is 10.3. The molecule has 4 rings (SSSR count). The molecule has 1 aromatic carbocycles. The highest BCUT2D eigenvalue weighted by Gasteiger charge is 2.44. The lowest BCUT2D eigenvalue weighted by molar-refractivity contribution is 0.0267. The molecule has 80 valence electrons. The Morgan fingerprint density at radius 2 is 1.80 bits per heavy atom. The lowest BCUT2D eigenvalue weighted by Crippen LogP contribution is -2.61. The minimum Gasteiger partial charge on any atom is -0.320 e. The third kappa shape index (κ3) is 1.40. The van der Waals surface area contributed by atoms with E-state index in [-0.39, 0.29) is 5.54 Å². The van der Waals surface area contributed by atoms with Crippen LogP contribution in [0.1, 0.15) is 18.4 Å². The molecule has 2 heteroatoms. The fourth-order valence-electron chi connectivity index (χ4n) is 3.18. The molecule has 0 amide bonds. The Hall–Kier alpha value is -0.860. The number of hydrogen-bond acceptors (Lipinski definition) is 2. The van der Waals surface area contributed by atoms with Crippen LogP contribution < -0.4 is 5.73 Å². The number of nitrogens with zero attached hydrogens (tertiary/aromatic N) is 1. The van der Waals surface area contributed by atoms with E-state index in [1.807, 2.05) is 0 Å². The number of hydrogen-bond donors (Lipinski definition) is 1. The molecule has 2 bridgehead atoms. The van der Waals surface area contributed by atoms with E-state index < -0.39 is 0 Å². The second-order valence-electron chi connectivity index (χ2n) is 4.96. The van der Waals surface area contributed by atoms with Gasteiger partial charge in [-0.25, -0.2) is 0 Å². The highest BCUT2D eigenvalue weighted by atomic mass is 15.2. The summed E-state index contributed by atoms with van der Waals surface area (Å²) in [6, 6.07) is 10.6. The highest BCUT2D eigenvalue weighted by molar-refractivity contribution is 5.27. The topological polar surface area (TPSA) is 29.3 Å². The van der Waals surface area contributed by atoms with Gasteiger partial charge in [0.05, 0.1) is 5.54 Å². The predicted octanol–water partition coefficient (Wildman–Crippen LogP) is 1.57. The van der Waals surface area contributed by atoms with Gasteiger partial charge < -0.3 is 10.6 Å². The molecule has 3 heterocycles. The monoisotopic (exact) mass is 202 g/mol. The van der Waals surface area contributed by atoms with Crippen LogP contribution in [0.2, 0.25) is 0 Å². The Balaban J connectivity index is 1.97. The largest absolute Gasteiger partial charge is 0.320 e. The summed E-state index contributed by atoms with van der Waals surface area (Å²) in [7, 11) is 0. The van der Waals surface area contributed by atoms with E-state index in [9.17, 15) is 0 Å². The molecule has 1 aromatic rings. The van der Waals surface area contributed by atoms with Crippen molar-refractivity contribution in [2.24, 2.45) is 11.7 Å². The van der Waals surface area contributed by atoms with E-state index in [1.165, 1.54) is 31.5 Å². The molecular formula is C13H18N2. The molecule has 2 N–H and O–H groups in total. The first-order chi connectivity index (χ1) is 7.29. The van der Waals surface area contributed by atoms with Crippen LogP contribution in [0.15, 0.2) is 30.3 Å². The Bertz CT molecular complexity index is 341. The Morgan fingerprint density at radius 1 is 1.13 bits per heavy atom. The Morgan fingerprint density at radius 3 is 2.33 bits per heavy atom. The van der Waals surface area contributed by atoms with E-state index in [4.69, 9.17) is 5.73 Å². The molecule has 2 nitrogen and oxygen atoms in total. The number of fused-ring (bicyclic) bond motifs is 3. The van der Waals surface area contributed by atoms with Gasteiger partial charge in [-0.15, -0.1) is 0 Å². The molecule has 0 aliphatic carbocycles. The number of rotatable bonds is 1. The van der Waals surface area contributed by atoms with Crippen LogP contribution in [0.4, 0.5) is 0 Å². The summed E-state index contributed by atoms with van der Waals surface area (Å²) in [6.45, 7) is 3.54. The second-order valence-corrected chi connectivity index (χ2v) is 4.96. The van der Waals surface area contributed by atoms with Crippen molar-refractivity contribution in [2.75, 3.05) is 19.6 Å². The quantitative estimate of drug-likeness (QED) is 0.749. The van der Waals surface area contributed by atoms with Gasteiger partial charge in [-0.2, -0.15) is 0 Å². The fourth-order valence-corrected chi connectivity index (χ4v) is 3.18. The summed E-state index contributed by atoms with van der Waals surface area (Å²) in [5.74, 6) is 0.685. The smallest absolute Gasteiger partial charge is 0.0568 e. The molecule has 3 saturated heterocycles. The zero-order valence-corrected chi connectivity index (χ0v) is 9.02. The fraction of sp³-hybridized carbons (Fsp3) is 0.538. The minimum atomic E-state index is -0.0856. The summed E-state index contributed by atoms with van der Waals surface area (Å²) in [4.78, 5) is 2.51. The molecule has 0 spiro atoms. The minimum absolute atomic E-state index is 0.0856. The Kier molecular flexibility index (Phi) is 2.08. The molecule has 0 aromatic heterocycles. The van der Waals surface area contributed by atoms with Crippen LogP contribution in [-0.2, 0) is 5.54 Å². The molecule has 1 unspecified atom stereocenters. The van der Waals surface area contributed by atoms with Crippen molar-refractivity contribution in [3.05, 3.63) is 35.9 Å². The van der Waals surface area contributed by atoms with Crippen molar-refractivity contribution in [1.82, 2.24) is 4.90 Å². The maximum absolute atomic E-state index is 6.62. The van der Waals surface area contributed by atoms with Gasteiger partial charge in [-0.1, -0.05) is 30.3 Å². The van der Waals surface area contributed by atoms with Crippen molar-refractivity contribution in [2.45, 2.75) is 18.4 Å². The molecular weight excluding hydrogens is 184 g/mol. The van der Waals surface area contributed by atoms with E-state index in [2.05, 4.69) is 35.2 Å². The van der Waals surface area contributed by atoms with Crippen molar-refractivity contribution in [1.29, 1.82) is 0 Å². The standard InChI is InChI=1S/C13H18N2/c14-13(11-4-2-1-3-5-11)10-15-8-6-12(13)7-9-15/h1-5,12H,6-10,14H2. The van der Waals surface area contributed by atoms with Gasteiger partial charge in [0.2, 0.25) is 0 Å². The zero-order valence-electron chi connectivity index (χ0n) is 9.02. The van der Waals surface area contributed by atoms with Gasteiger partial charge in [0.1, 0.15) is 0 Å². The molecule has 3 aliphatic rings. The lowest BCUT2D eigenvalue weighted by atomic mass is 9.70. The highest BCUT2D eigenvalue weighted by Crippen LogP contribution is 2.40. The summed E-state index contributed by atoms with van der Waals surface area (Å²) in [6.07, 6.45) is 2.54. The van der Waals surface area contributed by atoms with Crippen LogP contribution in [0.5, 0.6) is 0 Å². The summed E-state index contributed by atoms with van der Waals surface area (Å²) < 4.78 is 0. The summed E-state index contributed by atoms with van der Waals surface area (Å²) in [5.41, 5.74) is 7.86. The number of piperidine rings is 3. The third-order valence-corrected chi connectivity index (χ3v) is 4.11. The first-order valence-electron chi connectivity index (χ1n) is 5.86. The van der Waals surface area contributed by atoms with Gasteiger partial charge >= 0.3 is 0 Å². The van der Waals surface area contributed by atoms with Gasteiger partial charge in [-0.05, 0) is 37.4 Å². The molecule has 1 atom stereocenters. The van der Waals surface area contributed by atoms with Crippen LogP contribution in [0, 0.1) is 5.92 Å². The van der Waals surface area contributed by atoms with Crippen LogP contribution >= 0.6 is 0 Å². The van der Waals surface area contributed by atoms with Gasteiger partial charge in [0, 0.05) is 6.54 Å². The molecule has 0 saturated carbocycles. The van der Waals surface area contributed by atoms with Gasteiger partial charge in [-0.3, -0.25) is 0 Å². The molecule has 0 radical (unpaired) electrons. The molecule has 3 fully saturated rings. The average molecular weight is 202 g/mol. The summed E-state index contributed by atoms with van der Waals surface area (Å²) >= 11 is 0. The van der Waals surface area contributed by atoms with Crippen LogP contribution in [-0.4, -0.2) is 24.5 Å². The van der Waals surface area contributed by atoms with Crippen LogP contribution in [0.3, 0.4) is 0 Å². The third-order valence-electron chi connectivity index (χ3n) is 4.11. The first kappa shape index (κ1) is 9.37. The van der Waals surface area contributed by atoms with E-state index in [0.29, 0.717) is 5.92 Å². The van der Waals surface area contributed by atoms with E-state index in [0.717, 1.165) is 6.54 Å². The van der Waals surface area contributed by atoms with Crippen LogP contribution in [0.25, 0.3) is 0 Å². The lowest BCUT2D eigenvalue weighted by Gasteiger charge is -2.51. The Labute approximate surface area is 91.1 Å². The maximum Gasteiger partial charge on any atom is 0.0568 e. The first-order valence-corrected chi connectivity index (χ1v) is 5.86. The van der Waals surface area contributed by atoms with Gasteiger partial charge in [0.15, 0.2) is 0 Å². The SMILES string of the molecule is NC1(c2ccccc2)CN2CCC1CC2. The average Bonchev–Trinajstić information content (AvgIpc) is 2.31.